The summed E-state index contributed by atoms with van der Waals surface area (Å²) in [6, 6.07) is 10.1. The fraction of sp³-hybridized carbons (Fsp3) is 0.267. The molecular weight excluding hydrogens is 324 g/mol. The van der Waals surface area contributed by atoms with Gasteiger partial charge in [-0.3, -0.25) is 4.98 Å². The molecule has 0 aliphatic carbocycles. The van der Waals surface area contributed by atoms with Crippen LogP contribution in [0.25, 0.3) is 0 Å². The minimum Gasteiger partial charge on any atom is -0.330 e. The molecule has 0 amide bonds. The molecule has 0 saturated carbocycles. The lowest BCUT2D eigenvalue weighted by molar-refractivity contribution is 0.532. The molecule has 1 heterocycles. The van der Waals surface area contributed by atoms with Crippen LogP contribution in [-0.2, 0) is 12.8 Å². The highest BCUT2D eigenvalue weighted by atomic mass is 79.9. The SMILES string of the molecule is NCC(Cc1ccc(Cl)cc1)Cc1cncc(Br)c1. The van der Waals surface area contributed by atoms with Gasteiger partial charge in [0.15, 0.2) is 0 Å². The third-order valence-corrected chi connectivity index (χ3v) is 3.74. The summed E-state index contributed by atoms with van der Waals surface area (Å²) in [5.74, 6) is 0.414. The van der Waals surface area contributed by atoms with E-state index in [1.54, 1.807) is 6.20 Å². The first-order valence-electron chi connectivity index (χ1n) is 6.21. The monoisotopic (exact) mass is 338 g/mol. The standard InChI is InChI=1S/C15H16BrClN2/c16-14-7-13(9-19-10-14)6-12(8-18)5-11-1-3-15(17)4-2-11/h1-4,7,9-10,12H,5-6,8,18H2. The molecule has 2 nitrogen and oxygen atoms in total. The third-order valence-electron chi connectivity index (χ3n) is 3.06. The summed E-state index contributed by atoms with van der Waals surface area (Å²) < 4.78 is 1.01. The van der Waals surface area contributed by atoms with Gasteiger partial charge in [0.2, 0.25) is 0 Å². The van der Waals surface area contributed by atoms with Crippen molar-refractivity contribution in [2.75, 3.05) is 6.54 Å². The molecule has 1 atom stereocenters. The van der Waals surface area contributed by atoms with Crippen LogP contribution in [-0.4, -0.2) is 11.5 Å². The first-order chi connectivity index (χ1) is 9.17. The van der Waals surface area contributed by atoms with Gasteiger partial charge in [0.05, 0.1) is 0 Å². The second kappa shape index (κ2) is 7.04. The van der Waals surface area contributed by atoms with Gasteiger partial charge in [-0.05, 0) is 70.6 Å². The van der Waals surface area contributed by atoms with Crippen molar-refractivity contribution in [2.45, 2.75) is 12.8 Å². The highest BCUT2D eigenvalue weighted by Crippen LogP contribution is 2.18. The summed E-state index contributed by atoms with van der Waals surface area (Å²) in [6.07, 6.45) is 5.58. The fourth-order valence-corrected chi connectivity index (χ4v) is 2.63. The van der Waals surface area contributed by atoms with Crippen LogP contribution >= 0.6 is 27.5 Å². The molecule has 0 aliphatic heterocycles. The van der Waals surface area contributed by atoms with Gasteiger partial charge in [-0.1, -0.05) is 23.7 Å². The van der Waals surface area contributed by atoms with Gasteiger partial charge in [0, 0.05) is 21.9 Å². The number of rotatable bonds is 5. The molecule has 2 N–H and O–H groups in total. The Balaban J connectivity index is 2.02. The maximum atomic E-state index is 5.89. The van der Waals surface area contributed by atoms with E-state index in [0.717, 1.165) is 22.3 Å². The van der Waals surface area contributed by atoms with Crippen LogP contribution < -0.4 is 5.73 Å². The molecule has 0 aliphatic rings. The molecule has 4 heteroatoms. The van der Waals surface area contributed by atoms with E-state index >= 15 is 0 Å². The Labute approximate surface area is 127 Å². The van der Waals surface area contributed by atoms with Crippen molar-refractivity contribution in [3.63, 3.8) is 0 Å². The van der Waals surface area contributed by atoms with Crippen LogP contribution in [0.1, 0.15) is 11.1 Å². The fourth-order valence-electron chi connectivity index (χ4n) is 2.09. The predicted octanol–water partition coefficient (Wildman–Crippen LogP) is 3.86. The molecule has 0 radical (unpaired) electrons. The van der Waals surface area contributed by atoms with Crippen LogP contribution in [0.3, 0.4) is 0 Å². The number of aromatic nitrogens is 1. The average molecular weight is 340 g/mol. The van der Waals surface area contributed by atoms with Crippen molar-refractivity contribution >= 4 is 27.5 Å². The zero-order valence-electron chi connectivity index (χ0n) is 10.5. The Bertz CT molecular complexity index is 528. The van der Waals surface area contributed by atoms with Crippen molar-refractivity contribution in [3.05, 3.63) is 63.3 Å². The molecule has 2 rings (SSSR count). The highest BCUT2D eigenvalue weighted by molar-refractivity contribution is 9.10. The second-order valence-electron chi connectivity index (χ2n) is 4.65. The molecule has 2 aromatic rings. The molecule has 0 saturated heterocycles. The molecular formula is C15H16BrClN2. The van der Waals surface area contributed by atoms with Crippen LogP contribution in [0.2, 0.25) is 5.02 Å². The molecule has 0 spiro atoms. The van der Waals surface area contributed by atoms with E-state index in [4.69, 9.17) is 17.3 Å². The lowest BCUT2D eigenvalue weighted by atomic mass is 9.93. The summed E-state index contributed by atoms with van der Waals surface area (Å²) in [6.45, 7) is 0.662. The van der Waals surface area contributed by atoms with Crippen molar-refractivity contribution in [2.24, 2.45) is 11.7 Å². The summed E-state index contributed by atoms with van der Waals surface area (Å²) in [5, 5.41) is 0.768. The summed E-state index contributed by atoms with van der Waals surface area (Å²) in [5.41, 5.74) is 8.35. The Morgan fingerprint density at radius 3 is 2.42 bits per heavy atom. The molecule has 1 aromatic heterocycles. The number of nitrogens with two attached hydrogens (primary N) is 1. The minimum atomic E-state index is 0.414. The van der Waals surface area contributed by atoms with E-state index in [0.29, 0.717) is 12.5 Å². The molecule has 1 unspecified atom stereocenters. The van der Waals surface area contributed by atoms with Crippen molar-refractivity contribution in [1.82, 2.24) is 4.98 Å². The minimum absolute atomic E-state index is 0.414. The number of nitrogens with zero attached hydrogens (tertiary/aromatic N) is 1. The van der Waals surface area contributed by atoms with Gasteiger partial charge >= 0.3 is 0 Å². The zero-order chi connectivity index (χ0) is 13.7. The molecule has 0 fully saturated rings. The summed E-state index contributed by atoms with van der Waals surface area (Å²) in [4.78, 5) is 4.19. The van der Waals surface area contributed by atoms with E-state index in [1.807, 2.05) is 18.3 Å². The highest BCUT2D eigenvalue weighted by Gasteiger charge is 2.09. The second-order valence-corrected chi connectivity index (χ2v) is 6.00. The first kappa shape index (κ1) is 14.5. The number of pyridine rings is 1. The smallest absolute Gasteiger partial charge is 0.0410 e. The quantitative estimate of drug-likeness (QED) is 0.898. The van der Waals surface area contributed by atoms with E-state index in [-0.39, 0.29) is 0 Å². The Kier molecular flexibility index (Phi) is 5.37. The van der Waals surface area contributed by atoms with Crippen LogP contribution in [0.5, 0.6) is 0 Å². The zero-order valence-corrected chi connectivity index (χ0v) is 12.9. The lowest BCUT2D eigenvalue weighted by Crippen LogP contribution is -2.19. The predicted molar refractivity (Wildman–Crippen MR) is 83.3 cm³/mol. The van der Waals surface area contributed by atoms with Crippen LogP contribution in [0, 0.1) is 5.92 Å². The largest absolute Gasteiger partial charge is 0.330 e. The Morgan fingerprint density at radius 2 is 1.79 bits per heavy atom. The maximum Gasteiger partial charge on any atom is 0.0410 e. The maximum absolute atomic E-state index is 5.89. The third kappa shape index (κ3) is 4.60. The van der Waals surface area contributed by atoms with Gasteiger partial charge in [-0.25, -0.2) is 0 Å². The van der Waals surface area contributed by atoms with E-state index < -0.39 is 0 Å². The van der Waals surface area contributed by atoms with Gasteiger partial charge in [-0.2, -0.15) is 0 Å². The van der Waals surface area contributed by atoms with Gasteiger partial charge in [0.1, 0.15) is 0 Å². The topological polar surface area (TPSA) is 38.9 Å². The molecule has 0 bridgehead atoms. The van der Waals surface area contributed by atoms with E-state index in [2.05, 4.69) is 39.1 Å². The number of hydrogen-bond acceptors (Lipinski definition) is 2. The average Bonchev–Trinajstić information content (AvgIpc) is 2.40. The summed E-state index contributed by atoms with van der Waals surface area (Å²) >= 11 is 9.33. The first-order valence-corrected chi connectivity index (χ1v) is 7.38. The van der Waals surface area contributed by atoms with E-state index in [9.17, 15) is 0 Å². The number of benzene rings is 1. The Morgan fingerprint density at radius 1 is 1.11 bits per heavy atom. The number of hydrogen-bond donors (Lipinski definition) is 1. The molecule has 100 valence electrons. The van der Waals surface area contributed by atoms with Gasteiger partial charge in [0.25, 0.3) is 0 Å². The molecule has 1 aromatic carbocycles. The lowest BCUT2D eigenvalue weighted by Gasteiger charge is -2.15. The summed E-state index contributed by atoms with van der Waals surface area (Å²) in [7, 11) is 0. The van der Waals surface area contributed by atoms with Gasteiger partial charge < -0.3 is 5.73 Å². The van der Waals surface area contributed by atoms with E-state index in [1.165, 1.54) is 11.1 Å². The van der Waals surface area contributed by atoms with Crippen molar-refractivity contribution < 1.29 is 0 Å². The Hall–Kier alpha value is -0.900. The van der Waals surface area contributed by atoms with Crippen LogP contribution in [0.15, 0.2) is 47.2 Å². The van der Waals surface area contributed by atoms with Crippen molar-refractivity contribution in [1.29, 1.82) is 0 Å². The number of halogens is 2. The van der Waals surface area contributed by atoms with Crippen molar-refractivity contribution in [3.8, 4) is 0 Å². The van der Waals surface area contributed by atoms with Crippen LogP contribution in [0.4, 0.5) is 0 Å². The normalized spacial score (nSPS) is 12.4. The molecule has 19 heavy (non-hydrogen) atoms. The van der Waals surface area contributed by atoms with Gasteiger partial charge in [-0.15, -0.1) is 0 Å².